The minimum atomic E-state index is -3.45. The fraction of sp³-hybridized carbons (Fsp3) is 0.375. The van der Waals surface area contributed by atoms with Crippen molar-refractivity contribution in [2.75, 3.05) is 0 Å². The zero-order valence-corrected chi connectivity index (χ0v) is 6.92. The standard InChI is InChI=1S/C8H8F2O3/c1-8(9,10)7(11)13-5-6-3-2-4-12-6/h2-4H,5H2,1H3. The van der Waals surface area contributed by atoms with Gasteiger partial charge in [-0.1, -0.05) is 0 Å². The second-order valence-electron chi connectivity index (χ2n) is 2.54. The van der Waals surface area contributed by atoms with Crippen molar-refractivity contribution < 1.29 is 22.7 Å². The van der Waals surface area contributed by atoms with Gasteiger partial charge in [0.1, 0.15) is 12.4 Å². The highest BCUT2D eigenvalue weighted by Gasteiger charge is 2.34. The van der Waals surface area contributed by atoms with E-state index in [1.54, 1.807) is 6.07 Å². The van der Waals surface area contributed by atoms with Crippen molar-refractivity contribution in [3.63, 3.8) is 0 Å². The fourth-order valence-electron chi connectivity index (χ4n) is 0.658. The second kappa shape index (κ2) is 3.55. The predicted octanol–water partition coefficient (Wildman–Crippen LogP) is 1.98. The quantitative estimate of drug-likeness (QED) is 0.684. The molecule has 0 atom stereocenters. The Morgan fingerprint density at radius 3 is 2.85 bits per heavy atom. The number of esters is 1. The number of ether oxygens (including phenoxy) is 1. The Kier molecular flexibility index (Phi) is 2.65. The molecule has 0 N–H and O–H groups in total. The Morgan fingerprint density at radius 1 is 1.69 bits per heavy atom. The van der Waals surface area contributed by atoms with Crippen LogP contribution in [0.5, 0.6) is 0 Å². The minimum Gasteiger partial charge on any atom is -0.466 e. The first-order chi connectivity index (χ1) is 6.00. The van der Waals surface area contributed by atoms with E-state index in [4.69, 9.17) is 4.42 Å². The smallest absolute Gasteiger partial charge is 0.377 e. The average Bonchev–Trinajstić information content (AvgIpc) is 2.50. The summed E-state index contributed by atoms with van der Waals surface area (Å²) in [5.41, 5.74) is 0. The van der Waals surface area contributed by atoms with Crippen LogP contribution in [0.2, 0.25) is 0 Å². The van der Waals surface area contributed by atoms with Gasteiger partial charge in [-0.05, 0) is 12.1 Å². The van der Waals surface area contributed by atoms with Gasteiger partial charge in [-0.3, -0.25) is 0 Å². The van der Waals surface area contributed by atoms with E-state index < -0.39 is 11.9 Å². The maximum absolute atomic E-state index is 12.2. The summed E-state index contributed by atoms with van der Waals surface area (Å²) in [6.45, 7) is 0.215. The van der Waals surface area contributed by atoms with E-state index in [2.05, 4.69) is 4.74 Å². The van der Waals surface area contributed by atoms with E-state index in [-0.39, 0.29) is 6.61 Å². The molecule has 1 aromatic heterocycles. The van der Waals surface area contributed by atoms with Crippen LogP contribution >= 0.6 is 0 Å². The van der Waals surface area contributed by atoms with Gasteiger partial charge in [0, 0.05) is 6.92 Å². The number of hydrogen-bond acceptors (Lipinski definition) is 3. The summed E-state index contributed by atoms with van der Waals surface area (Å²) in [5, 5.41) is 0. The van der Waals surface area contributed by atoms with E-state index in [0.29, 0.717) is 12.7 Å². The SMILES string of the molecule is CC(F)(F)C(=O)OCc1ccco1. The summed E-state index contributed by atoms with van der Waals surface area (Å²) < 4.78 is 33.5. The molecule has 0 amide bonds. The molecule has 0 unspecified atom stereocenters. The summed E-state index contributed by atoms with van der Waals surface area (Å²) in [6.07, 6.45) is 1.37. The van der Waals surface area contributed by atoms with Crippen LogP contribution in [0.1, 0.15) is 12.7 Å². The first-order valence-electron chi connectivity index (χ1n) is 3.57. The van der Waals surface area contributed by atoms with Gasteiger partial charge in [-0.2, -0.15) is 8.78 Å². The summed E-state index contributed by atoms with van der Waals surface area (Å²) in [6, 6.07) is 3.11. The molecular weight excluding hydrogens is 182 g/mol. The number of rotatable bonds is 3. The predicted molar refractivity (Wildman–Crippen MR) is 39.1 cm³/mol. The molecule has 0 aliphatic rings. The lowest BCUT2D eigenvalue weighted by Crippen LogP contribution is -2.26. The third-order valence-electron chi connectivity index (χ3n) is 1.28. The second-order valence-corrected chi connectivity index (χ2v) is 2.54. The van der Waals surface area contributed by atoms with Crippen LogP contribution in [0.25, 0.3) is 0 Å². The Balaban J connectivity index is 2.40. The molecule has 0 spiro atoms. The van der Waals surface area contributed by atoms with Crippen molar-refractivity contribution in [1.29, 1.82) is 0 Å². The molecule has 0 aliphatic heterocycles. The highest BCUT2D eigenvalue weighted by molar-refractivity contribution is 5.76. The van der Waals surface area contributed by atoms with Crippen molar-refractivity contribution >= 4 is 5.97 Å². The molecule has 5 heteroatoms. The highest BCUT2D eigenvalue weighted by atomic mass is 19.3. The molecule has 0 fully saturated rings. The molecular formula is C8H8F2O3. The third-order valence-corrected chi connectivity index (χ3v) is 1.28. The molecule has 0 bridgehead atoms. The van der Waals surface area contributed by atoms with Gasteiger partial charge in [-0.25, -0.2) is 4.79 Å². The molecule has 1 aromatic rings. The van der Waals surface area contributed by atoms with Crippen molar-refractivity contribution in [1.82, 2.24) is 0 Å². The van der Waals surface area contributed by atoms with Crippen LogP contribution < -0.4 is 0 Å². The molecule has 72 valence electrons. The topological polar surface area (TPSA) is 39.4 Å². The van der Waals surface area contributed by atoms with Gasteiger partial charge < -0.3 is 9.15 Å². The van der Waals surface area contributed by atoms with Gasteiger partial charge in [0.25, 0.3) is 0 Å². The van der Waals surface area contributed by atoms with Gasteiger partial charge >= 0.3 is 11.9 Å². The summed E-state index contributed by atoms with van der Waals surface area (Å²) in [7, 11) is 0. The lowest BCUT2D eigenvalue weighted by molar-refractivity contribution is -0.171. The molecule has 1 heterocycles. The normalized spacial score (nSPS) is 11.3. The molecule has 0 aromatic carbocycles. The Labute approximate surface area is 73.3 Å². The fourth-order valence-corrected chi connectivity index (χ4v) is 0.658. The number of carbonyl (C=O) groups is 1. The first-order valence-corrected chi connectivity index (χ1v) is 3.57. The minimum absolute atomic E-state index is 0.269. The van der Waals surface area contributed by atoms with Crippen molar-refractivity contribution in [3.8, 4) is 0 Å². The van der Waals surface area contributed by atoms with E-state index >= 15 is 0 Å². The van der Waals surface area contributed by atoms with Gasteiger partial charge in [0.05, 0.1) is 6.26 Å². The van der Waals surface area contributed by atoms with Gasteiger partial charge in [-0.15, -0.1) is 0 Å². The molecule has 0 saturated carbocycles. The number of carbonyl (C=O) groups excluding carboxylic acids is 1. The first kappa shape index (κ1) is 9.70. The average molecular weight is 190 g/mol. The van der Waals surface area contributed by atoms with E-state index in [0.717, 1.165) is 0 Å². The van der Waals surface area contributed by atoms with Gasteiger partial charge in [0.2, 0.25) is 0 Å². The Hall–Kier alpha value is -1.39. The Morgan fingerprint density at radius 2 is 2.38 bits per heavy atom. The van der Waals surface area contributed by atoms with Crippen LogP contribution in [-0.4, -0.2) is 11.9 Å². The van der Waals surface area contributed by atoms with Crippen molar-refractivity contribution in [3.05, 3.63) is 24.2 Å². The summed E-state index contributed by atoms with van der Waals surface area (Å²) in [4.78, 5) is 10.5. The molecule has 0 aliphatic carbocycles. The summed E-state index contributed by atoms with van der Waals surface area (Å²) in [5.74, 6) is -4.67. The lowest BCUT2D eigenvalue weighted by Gasteiger charge is -2.08. The number of hydrogen-bond donors (Lipinski definition) is 0. The van der Waals surface area contributed by atoms with Crippen LogP contribution in [-0.2, 0) is 16.1 Å². The molecule has 13 heavy (non-hydrogen) atoms. The van der Waals surface area contributed by atoms with Crippen molar-refractivity contribution in [2.45, 2.75) is 19.5 Å². The molecule has 1 rings (SSSR count). The Bertz CT molecular complexity index is 274. The number of halogens is 2. The maximum atomic E-state index is 12.2. The van der Waals surface area contributed by atoms with Crippen LogP contribution in [0.4, 0.5) is 8.78 Å². The van der Waals surface area contributed by atoms with Crippen LogP contribution in [0, 0.1) is 0 Å². The van der Waals surface area contributed by atoms with Crippen LogP contribution in [0.3, 0.4) is 0 Å². The number of furan rings is 1. The monoisotopic (exact) mass is 190 g/mol. The lowest BCUT2D eigenvalue weighted by atomic mass is 10.4. The van der Waals surface area contributed by atoms with E-state index in [1.165, 1.54) is 12.3 Å². The van der Waals surface area contributed by atoms with Crippen molar-refractivity contribution in [2.24, 2.45) is 0 Å². The number of alkyl halides is 2. The van der Waals surface area contributed by atoms with Gasteiger partial charge in [0.15, 0.2) is 0 Å². The molecule has 0 saturated heterocycles. The third kappa shape index (κ3) is 2.85. The zero-order chi connectivity index (χ0) is 9.90. The summed E-state index contributed by atoms with van der Waals surface area (Å²) >= 11 is 0. The molecule has 0 radical (unpaired) electrons. The largest absolute Gasteiger partial charge is 0.466 e. The zero-order valence-electron chi connectivity index (χ0n) is 6.92. The highest BCUT2D eigenvalue weighted by Crippen LogP contribution is 2.14. The van der Waals surface area contributed by atoms with Crippen LogP contribution in [0.15, 0.2) is 22.8 Å². The molecule has 3 nitrogen and oxygen atoms in total. The maximum Gasteiger partial charge on any atom is 0.377 e. The van der Waals surface area contributed by atoms with E-state index in [9.17, 15) is 13.6 Å². The van der Waals surface area contributed by atoms with E-state index in [1.807, 2.05) is 0 Å².